The molecule has 0 spiro atoms. The van der Waals surface area contributed by atoms with Crippen molar-refractivity contribution in [3.05, 3.63) is 12.0 Å². The van der Waals surface area contributed by atoms with Gasteiger partial charge >= 0.3 is 0 Å². The summed E-state index contributed by atoms with van der Waals surface area (Å²) in [5, 5.41) is 0.112. The fourth-order valence-corrected chi connectivity index (χ4v) is 3.62. The molecule has 0 aromatic carbocycles. The van der Waals surface area contributed by atoms with Gasteiger partial charge in [-0.25, -0.2) is 13.4 Å². The van der Waals surface area contributed by atoms with Gasteiger partial charge in [0.25, 0.3) is 10.0 Å². The quantitative estimate of drug-likeness (QED) is 0.810. The first-order valence-corrected chi connectivity index (χ1v) is 8.04. The Morgan fingerprint density at radius 3 is 2.58 bits per heavy atom. The van der Waals surface area contributed by atoms with Crippen LogP contribution in [0.15, 0.2) is 11.2 Å². The van der Waals surface area contributed by atoms with Gasteiger partial charge in [0.1, 0.15) is 5.82 Å². The summed E-state index contributed by atoms with van der Waals surface area (Å²) in [6, 6.07) is -0.134. The Hall–Kier alpha value is -0.920. The van der Waals surface area contributed by atoms with Gasteiger partial charge in [-0.1, -0.05) is 6.92 Å². The average Bonchev–Trinajstić information content (AvgIpc) is 2.68. The molecule has 1 rings (SSSR count). The molecule has 0 fully saturated rings. The second-order valence-corrected chi connectivity index (χ2v) is 6.66. The maximum atomic E-state index is 12.5. The lowest BCUT2D eigenvalue weighted by Gasteiger charge is -2.24. The smallest absolute Gasteiger partial charge is 0.262 e. The Labute approximate surface area is 115 Å². The molecule has 0 unspecified atom stereocenters. The molecule has 0 bridgehead atoms. The summed E-state index contributed by atoms with van der Waals surface area (Å²) in [5.74, 6) is 0.719. The fourth-order valence-electron chi connectivity index (χ4n) is 1.97. The highest BCUT2D eigenvalue weighted by molar-refractivity contribution is 7.89. The van der Waals surface area contributed by atoms with E-state index in [1.807, 2.05) is 32.3 Å². The molecule has 110 valence electrons. The minimum absolute atomic E-state index is 0.112. The van der Waals surface area contributed by atoms with Gasteiger partial charge in [-0.3, -0.25) is 0 Å². The van der Waals surface area contributed by atoms with Gasteiger partial charge in [-0.05, 0) is 27.2 Å². The molecule has 2 N–H and O–H groups in total. The summed E-state index contributed by atoms with van der Waals surface area (Å²) in [5.41, 5.74) is 5.49. The van der Waals surface area contributed by atoms with E-state index >= 15 is 0 Å². The Balaban J connectivity index is 3.14. The predicted octanol–water partition coefficient (Wildman–Crippen LogP) is 0.959. The van der Waals surface area contributed by atoms with E-state index in [0.717, 1.165) is 18.8 Å². The molecule has 0 aliphatic rings. The molecule has 0 saturated carbocycles. The van der Waals surface area contributed by atoms with Gasteiger partial charge in [0.15, 0.2) is 5.03 Å². The van der Waals surface area contributed by atoms with Crippen molar-refractivity contribution in [3.63, 3.8) is 0 Å². The van der Waals surface area contributed by atoms with E-state index in [4.69, 9.17) is 5.73 Å². The SMILES string of the molecule is CCCn1cc(S(=O)(=O)N(CCN)C(C)C)nc1C. The van der Waals surface area contributed by atoms with E-state index < -0.39 is 10.0 Å². The Kier molecular flexibility index (Phi) is 5.51. The summed E-state index contributed by atoms with van der Waals surface area (Å²) in [6.07, 6.45) is 2.55. The summed E-state index contributed by atoms with van der Waals surface area (Å²) < 4.78 is 28.3. The number of hydrogen-bond acceptors (Lipinski definition) is 4. The van der Waals surface area contributed by atoms with E-state index in [0.29, 0.717) is 13.1 Å². The average molecular weight is 288 g/mol. The number of nitrogens with zero attached hydrogens (tertiary/aromatic N) is 3. The summed E-state index contributed by atoms with van der Waals surface area (Å²) in [4.78, 5) is 4.18. The lowest BCUT2D eigenvalue weighted by molar-refractivity contribution is 0.360. The van der Waals surface area contributed by atoms with Gasteiger partial charge in [0.05, 0.1) is 0 Å². The van der Waals surface area contributed by atoms with Crippen molar-refractivity contribution in [2.24, 2.45) is 5.73 Å². The summed E-state index contributed by atoms with van der Waals surface area (Å²) in [7, 11) is -3.56. The van der Waals surface area contributed by atoms with Gasteiger partial charge < -0.3 is 10.3 Å². The molecule has 0 amide bonds. The fraction of sp³-hybridized carbons (Fsp3) is 0.750. The van der Waals surface area contributed by atoms with E-state index in [1.54, 1.807) is 6.20 Å². The molecule has 0 aliphatic heterocycles. The van der Waals surface area contributed by atoms with Crippen LogP contribution in [-0.4, -0.2) is 41.4 Å². The first kappa shape index (κ1) is 16.1. The second-order valence-electron chi connectivity index (χ2n) is 4.82. The lowest BCUT2D eigenvalue weighted by Crippen LogP contribution is -2.40. The molecule has 1 aromatic rings. The van der Waals surface area contributed by atoms with E-state index in [1.165, 1.54) is 4.31 Å². The topological polar surface area (TPSA) is 81.2 Å². The van der Waals surface area contributed by atoms with Gasteiger partial charge in [0.2, 0.25) is 0 Å². The van der Waals surface area contributed by atoms with Crippen LogP contribution in [0.3, 0.4) is 0 Å². The highest BCUT2D eigenvalue weighted by Gasteiger charge is 2.29. The van der Waals surface area contributed by atoms with E-state index in [2.05, 4.69) is 4.98 Å². The molecule has 0 saturated heterocycles. The lowest BCUT2D eigenvalue weighted by atomic mass is 10.4. The third-order valence-corrected chi connectivity index (χ3v) is 4.86. The van der Waals surface area contributed by atoms with E-state index in [-0.39, 0.29) is 11.1 Å². The van der Waals surface area contributed by atoms with Crippen molar-refractivity contribution >= 4 is 10.0 Å². The number of aryl methyl sites for hydroxylation is 2. The van der Waals surface area contributed by atoms with Crippen molar-refractivity contribution in [1.82, 2.24) is 13.9 Å². The van der Waals surface area contributed by atoms with Gasteiger partial charge in [0, 0.05) is 31.9 Å². The Bertz CT molecular complexity index is 508. The molecular weight excluding hydrogens is 264 g/mol. The monoisotopic (exact) mass is 288 g/mol. The maximum Gasteiger partial charge on any atom is 0.262 e. The van der Waals surface area contributed by atoms with Crippen LogP contribution in [0.5, 0.6) is 0 Å². The van der Waals surface area contributed by atoms with Gasteiger partial charge in [-0.15, -0.1) is 0 Å². The van der Waals surface area contributed by atoms with Crippen LogP contribution in [0, 0.1) is 6.92 Å². The third kappa shape index (κ3) is 3.55. The number of imidazole rings is 1. The zero-order valence-corrected chi connectivity index (χ0v) is 12.9. The number of aromatic nitrogens is 2. The second kappa shape index (κ2) is 6.49. The van der Waals surface area contributed by atoms with Crippen molar-refractivity contribution in [3.8, 4) is 0 Å². The van der Waals surface area contributed by atoms with Crippen LogP contribution in [0.4, 0.5) is 0 Å². The van der Waals surface area contributed by atoms with Crippen LogP contribution in [0.2, 0.25) is 0 Å². The minimum Gasteiger partial charge on any atom is -0.334 e. The normalized spacial score (nSPS) is 12.6. The molecule has 0 atom stereocenters. The van der Waals surface area contributed by atoms with Crippen molar-refractivity contribution in [2.75, 3.05) is 13.1 Å². The molecule has 0 radical (unpaired) electrons. The van der Waals surface area contributed by atoms with E-state index in [9.17, 15) is 8.42 Å². The Morgan fingerprint density at radius 2 is 2.11 bits per heavy atom. The predicted molar refractivity (Wildman–Crippen MR) is 75.3 cm³/mol. The molecule has 0 aliphatic carbocycles. The van der Waals surface area contributed by atoms with Crippen LogP contribution in [-0.2, 0) is 16.6 Å². The van der Waals surface area contributed by atoms with Crippen LogP contribution in [0.25, 0.3) is 0 Å². The number of nitrogens with two attached hydrogens (primary N) is 1. The number of rotatable bonds is 7. The summed E-state index contributed by atoms with van der Waals surface area (Å²) >= 11 is 0. The molecular formula is C12H24N4O2S. The molecule has 1 heterocycles. The van der Waals surface area contributed by atoms with Crippen molar-refractivity contribution in [2.45, 2.75) is 51.7 Å². The molecule has 19 heavy (non-hydrogen) atoms. The summed E-state index contributed by atoms with van der Waals surface area (Å²) in [6.45, 7) is 8.91. The van der Waals surface area contributed by atoms with Crippen molar-refractivity contribution < 1.29 is 8.42 Å². The van der Waals surface area contributed by atoms with Crippen molar-refractivity contribution in [1.29, 1.82) is 0 Å². The number of hydrogen-bond donors (Lipinski definition) is 1. The third-order valence-electron chi connectivity index (χ3n) is 2.92. The molecule has 6 nitrogen and oxygen atoms in total. The highest BCUT2D eigenvalue weighted by Crippen LogP contribution is 2.17. The first-order valence-electron chi connectivity index (χ1n) is 6.60. The van der Waals surface area contributed by atoms with Gasteiger partial charge in [-0.2, -0.15) is 4.31 Å². The largest absolute Gasteiger partial charge is 0.334 e. The standard InChI is InChI=1S/C12H24N4O2S/c1-5-7-15-9-12(14-11(15)4)19(17,18)16(8-6-13)10(2)3/h9-10H,5-8,13H2,1-4H3. The minimum atomic E-state index is -3.56. The first-order chi connectivity index (χ1) is 8.84. The zero-order valence-electron chi connectivity index (χ0n) is 12.1. The van der Waals surface area contributed by atoms with Crippen LogP contribution < -0.4 is 5.73 Å². The zero-order chi connectivity index (χ0) is 14.6. The number of sulfonamides is 1. The molecule has 7 heteroatoms. The molecule has 1 aromatic heterocycles. The Morgan fingerprint density at radius 1 is 1.47 bits per heavy atom. The van der Waals surface area contributed by atoms with Crippen LogP contribution >= 0.6 is 0 Å². The highest BCUT2D eigenvalue weighted by atomic mass is 32.2. The van der Waals surface area contributed by atoms with Crippen LogP contribution in [0.1, 0.15) is 33.0 Å². The maximum absolute atomic E-state index is 12.5.